The fourth-order valence-corrected chi connectivity index (χ4v) is 2.36. The predicted molar refractivity (Wildman–Crippen MR) is 86.2 cm³/mol. The quantitative estimate of drug-likeness (QED) is 0.788. The Morgan fingerprint density at radius 1 is 1.16 bits per heavy atom. The van der Waals surface area contributed by atoms with Crippen molar-refractivity contribution in [2.45, 2.75) is 46.6 Å². The largest absolute Gasteiger partial charge is 0.317 e. The van der Waals surface area contributed by atoms with Crippen molar-refractivity contribution < 1.29 is 0 Å². The van der Waals surface area contributed by atoms with Crippen LogP contribution in [0.4, 0.5) is 0 Å². The molecule has 0 radical (unpaired) electrons. The van der Waals surface area contributed by atoms with Crippen molar-refractivity contribution in [3.05, 3.63) is 33.8 Å². The summed E-state index contributed by atoms with van der Waals surface area (Å²) >= 11 is 12.0. The van der Waals surface area contributed by atoms with E-state index in [9.17, 15) is 0 Å². The topological polar surface area (TPSA) is 12.0 Å². The highest BCUT2D eigenvalue weighted by Crippen LogP contribution is 2.30. The zero-order chi connectivity index (χ0) is 14.6. The van der Waals surface area contributed by atoms with Crippen molar-refractivity contribution in [3.63, 3.8) is 0 Å². The van der Waals surface area contributed by atoms with E-state index in [2.05, 4.69) is 39.1 Å². The monoisotopic (exact) mass is 301 g/mol. The van der Waals surface area contributed by atoms with Gasteiger partial charge >= 0.3 is 0 Å². The van der Waals surface area contributed by atoms with Crippen LogP contribution in [0.15, 0.2) is 18.2 Å². The molecule has 0 saturated carbocycles. The van der Waals surface area contributed by atoms with E-state index in [1.54, 1.807) is 0 Å². The van der Waals surface area contributed by atoms with Crippen LogP contribution >= 0.6 is 23.2 Å². The first-order chi connectivity index (χ1) is 8.74. The second kappa shape index (κ2) is 6.97. The van der Waals surface area contributed by atoms with E-state index < -0.39 is 0 Å². The van der Waals surface area contributed by atoms with Gasteiger partial charge in [0.25, 0.3) is 0 Å². The van der Waals surface area contributed by atoms with Crippen LogP contribution < -0.4 is 5.32 Å². The minimum absolute atomic E-state index is 0.340. The van der Waals surface area contributed by atoms with Gasteiger partial charge in [-0.05, 0) is 48.9 Å². The van der Waals surface area contributed by atoms with Gasteiger partial charge in [0.05, 0.1) is 10.0 Å². The molecule has 19 heavy (non-hydrogen) atoms. The van der Waals surface area contributed by atoms with Gasteiger partial charge in [-0.2, -0.15) is 0 Å². The van der Waals surface area contributed by atoms with Gasteiger partial charge in [0.1, 0.15) is 0 Å². The highest BCUT2D eigenvalue weighted by Gasteiger charge is 2.23. The lowest BCUT2D eigenvalue weighted by molar-refractivity contribution is 0.225. The lowest BCUT2D eigenvalue weighted by Crippen LogP contribution is -2.33. The van der Waals surface area contributed by atoms with Crippen LogP contribution in [0, 0.1) is 11.3 Å². The molecule has 0 fully saturated rings. The normalized spacial score (nSPS) is 15.3. The Morgan fingerprint density at radius 3 is 2.26 bits per heavy atom. The van der Waals surface area contributed by atoms with E-state index in [-0.39, 0.29) is 0 Å². The first kappa shape index (κ1) is 16.8. The molecule has 3 heteroatoms. The molecule has 0 aliphatic heterocycles. The van der Waals surface area contributed by atoms with Crippen molar-refractivity contribution >= 4 is 23.2 Å². The maximum absolute atomic E-state index is 6.07. The molecule has 0 spiro atoms. The number of rotatable bonds is 5. The summed E-state index contributed by atoms with van der Waals surface area (Å²) in [4.78, 5) is 0. The average Bonchev–Trinajstić information content (AvgIpc) is 2.31. The maximum Gasteiger partial charge on any atom is 0.0595 e. The van der Waals surface area contributed by atoms with Gasteiger partial charge < -0.3 is 5.32 Å². The fraction of sp³-hybridized carbons (Fsp3) is 0.625. The second-order valence-corrected chi connectivity index (χ2v) is 7.26. The third kappa shape index (κ3) is 5.33. The lowest BCUT2D eigenvalue weighted by atomic mass is 9.78. The molecule has 0 bridgehead atoms. The molecule has 0 saturated heterocycles. The van der Waals surface area contributed by atoms with Crippen molar-refractivity contribution in [1.29, 1.82) is 0 Å². The van der Waals surface area contributed by atoms with Crippen LogP contribution in [-0.4, -0.2) is 13.1 Å². The van der Waals surface area contributed by atoms with Crippen LogP contribution in [0.25, 0.3) is 0 Å². The molecule has 0 aliphatic carbocycles. The van der Waals surface area contributed by atoms with E-state index in [4.69, 9.17) is 23.2 Å². The first-order valence-corrected chi connectivity index (χ1v) is 7.60. The van der Waals surface area contributed by atoms with E-state index in [0.29, 0.717) is 27.4 Å². The van der Waals surface area contributed by atoms with Gasteiger partial charge in [0.2, 0.25) is 0 Å². The SMILES string of the molecule is CNC(Cc1ccc(Cl)c(Cl)c1)CC(C)C(C)(C)C. The van der Waals surface area contributed by atoms with Gasteiger partial charge in [-0.25, -0.2) is 0 Å². The zero-order valence-corrected chi connectivity index (χ0v) is 14.1. The molecule has 1 nitrogen and oxygen atoms in total. The Bertz CT molecular complexity index is 410. The van der Waals surface area contributed by atoms with E-state index in [1.165, 1.54) is 5.56 Å². The Kier molecular flexibility index (Phi) is 6.16. The molecular weight excluding hydrogens is 277 g/mol. The molecule has 0 aromatic heterocycles. The molecule has 1 rings (SSSR count). The van der Waals surface area contributed by atoms with E-state index in [1.807, 2.05) is 19.2 Å². The number of benzene rings is 1. The van der Waals surface area contributed by atoms with Crippen LogP contribution in [0.5, 0.6) is 0 Å². The summed E-state index contributed by atoms with van der Waals surface area (Å²) < 4.78 is 0. The Hall–Kier alpha value is -0.240. The summed E-state index contributed by atoms with van der Waals surface area (Å²) in [6.07, 6.45) is 2.13. The summed E-state index contributed by atoms with van der Waals surface area (Å²) in [7, 11) is 2.03. The molecule has 1 aromatic rings. The number of hydrogen-bond donors (Lipinski definition) is 1. The molecule has 0 amide bonds. The van der Waals surface area contributed by atoms with Crippen LogP contribution in [0.1, 0.15) is 39.7 Å². The van der Waals surface area contributed by atoms with Crippen molar-refractivity contribution in [2.24, 2.45) is 11.3 Å². The van der Waals surface area contributed by atoms with Gasteiger partial charge in [-0.1, -0.05) is 57.0 Å². The van der Waals surface area contributed by atoms with E-state index >= 15 is 0 Å². The summed E-state index contributed by atoms with van der Waals surface area (Å²) in [5.41, 5.74) is 1.57. The van der Waals surface area contributed by atoms with Crippen LogP contribution in [-0.2, 0) is 6.42 Å². The molecule has 2 unspecified atom stereocenters. The molecular formula is C16H25Cl2N. The number of halogens is 2. The number of likely N-dealkylation sites (N-methyl/N-ethyl adjacent to an activating group) is 1. The number of nitrogens with one attached hydrogen (secondary N) is 1. The summed E-state index contributed by atoms with van der Waals surface area (Å²) in [5, 5.41) is 4.67. The summed E-state index contributed by atoms with van der Waals surface area (Å²) in [5.74, 6) is 0.660. The standard InChI is InChI=1S/C16H25Cl2N/c1-11(16(2,3)4)8-13(19-5)9-12-6-7-14(17)15(18)10-12/h6-7,10-11,13,19H,8-9H2,1-5H3. The molecule has 2 atom stereocenters. The van der Waals surface area contributed by atoms with Gasteiger partial charge in [-0.15, -0.1) is 0 Å². The maximum atomic E-state index is 6.07. The van der Waals surface area contributed by atoms with E-state index in [0.717, 1.165) is 12.8 Å². The minimum atomic E-state index is 0.340. The van der Waals surface area contributed by atoms with Gasteiger partial charge in [-0.3, -0.25) is 0 Å². The van der Waals surface area contributed by atoms with Crippen molar-refractivity contribution in [1.82, 2.24) is 5.32 Å². The minimum Gasteiger partial charge on any atom is -0.317 e. The third-order valence-corrected chi connectivity index (χ3v) is 4.73. The average molecular weight is 302 g/mol. The van der Waals surface area contributed by atoms with Gasteiger partial charge in [0, 0.05) is 6.04 Å². The fourth-order valence-electron chi connectivity index (χ4n) is 2.03. The second-order valence-electron chi connectivity index (χ2n) is 6.44. The predicted octanol–water partition coefficient (Wildman–Crippen LogP) is 5.20. The zero-order valence-electron chi connectivity index (χ0n) is 12.6. The Labute approximate surface area is 127 Å². The highest BCUT2D eigenvalue weighted by molar-refractivity contribution is 6.42. The summed E-state index contributed by atoms with van der Waals surface area (Å²) in [6.45, 7) is 9.20. The molecule has 0 aliphatic rings. The Balaban J connectivity index is 2.69. The van der Waals surface area contributed by atoms with Gasteiger partial charge in [0.15, 0.2) is 0 Å². The Morgan fingerprint density at radius 2 is 1.79 bits per heavy atom. The molecule has 108 valence electrons. The van der Waals surface area contributed by atoms with Crippen LogP contribution in [0.2, 0.25) is 10.0 Å². The number of hydrogen-bond acceptors (Lipinski definition) is 1. The summed E-state index contributed by atoms with van der Waals surface area (Å²) in [6, 6.07) is 6.36. The molecule has 1 aromatic carbocycles. The molecule has 0 heterocycles. The smallest absolute Gasteiger partial charge is 0.0595 e. The third-order valence-electron chi connectivity index (χ3n) is 3.99. The lowest BCUT2D eigenvalue weighted by Gasteiger charge is -2.30. The van der Waals surface area contributed by atoms with Crippen LogP contribution in [0.3, 0.4) is 0 Å². The van der Waals surface area contributed by atoms with Crippen molar-refractivity contribution in [3.8, 4) is 0 Å². The van der Waals surface area contributed by atoms with Crippen molar-refractivity contribution in [2.75, 3.05) is 7.05 Å². The highest BCUT2D eigenvalue weighted by atomic mass is 35.5. The molecule has 1 N–H and O–H groups in total. The first-order valence-electron chi connectivity index (χ1n) is 6.85.